The number of carboxylic acid groups (broad SMARTS) is 1. The number of carbonyl (C=O) groups excluding carboxylic acids is 1. The molecule has 0 spiro atoms. The van der Waals surface area contributed by atoms with E-state index in [1.54, 1.807) is 0 Å². The van der Waals surface area contributed by atoms with Crippen LogP contribution in [0.1, 0.15) is 83.5 Å². The van der Waals surface area contributed by atoms with Gasteiger partial charge in [-0.25, -0.2) is 0 Å². The highest BCUT2D eigenvalue weighted by Gasteiger charge is 2.34. The Morgan fingerprint density at radius 3 is 1.71 bits per heavy atom. The summed E-state index contributed by atoms with van der Waals surface area (Å²) in [4.78, 5) is 24.1. The van der Waals surface area contributed by atoms with E-state index in [0.717, 1.165) is 25.7 Å². The number of aliphatic carboxylic acids is 1. The summed E-state index contributed by atoms with van der Waals surface area (Å²) in [6, 6.07) is 0.220. The van der Waals surface area contributed by atoms with E-state index in [1.165, 1.54) is 44.9 Å². The van der Waals surface area contributed by atoms with Crippen molar-refractivity contribution >= 4 is 11.9 Å². The Morgan fingerprint density at radius 1 is 0.750 bits per heavy atom. The Kier molecular flexibility index (Phi) is 8.34. The molecule has 0 saturated heterocycles. The first-order chi connectivity index (χ1) is 11.7. The van der Waals surface area contributed by atoms with E-state index in [4.69, 9.17) is 0 Å². The van der Waals surface area contributed by atoms with Gasteiger partial charge in [-0.15, -0.1) is 0 Å². The number of hydrogen-bond acceptors (Lipinski definition) is 2. The Labute approximate surface area is 146 Å². The molecule has 2 aliphatic carbocycles. The Hall–Kier alpha value is -1.32. The van der Waals surface area contributed by atoms with Crippen LogP contribution in [0.2, 0.25) is 0 Å². The summed E-state index contributed by atoms with van der Waals surface area (Å²) in [5, 5.41) is 12.5. The minimum absolute atomic E-state index is 0.0520. The van der Waals surface area contributed by atoms with E-state index >= 15 is 0 Å². The Bertz CT molecular complexity index is 421. The van der Waals surface area contributed by atoms with E-state index in [-0.39, 0.29) is 11.9 Å². The molecule has 4 nitrogen and oxygen atoms in total. The fourth-order valence-corrected chi connectivity index (χ4v) is 3.99. The maximum absolute atomic E-state index is 12.6. The van der Waals surface area contributed by atoms with Crippen LogP contribution in [-0.2, 0) is 9.59 Å². The topological polar surface area (TPSA) is 66.4 Å². The second kappa shape index (κ2) is 10.5. The van der Waals surface area contributed by atoms with Crippen molar-refractivity contribution in [3.63, 3.8) is 0 Å². The molecule has 0 heterocycles. The Balaban J connectivity index is 1.88. The summed E-state index contributed by atoms with van der Waals surface area (Å²) in [6.45, 7) is 0. The molecule has 0 aromatic rings. The van der Waals surface area contributed by atoms with Crippen LogP contribution in [0.25, 0.3) is 0 Å². The van der Waals surface area contributed by atoms with Gasteiger partial charge >= 0.3 is 5.97 Å². The van der Waals surface area contributed by atoms with Crippen LogP contribution in [0.15, 0.2) is 12.2 Å². The van der Waals surface area contributed by atoms with Crippen molar-refractivity contribution in [1.29, 1.82) is 0 Å². The van der Waals surface area contributed by atoms with Gasteiger partial charge in [-0.3, -0.25) is 9.59 Å². The second-order valence-corrected chi connectivity index (χ2v) is 7.46. The number of rotatable bonds is 3. The van der Waals surface area contributed by atoms with E-state index in [1.807, 2.05) is 12.2 Å². The fraction of sp³-hybridized carbons (Fsp3) is 0.800. The van der Waals surface area contributed by atoms with Gasteiger partial charge in [0.25, 0.3) is 0 Å². The lowest BCUT2D eigenvalue weighted by molar-refractivity contribution is -0.147. The molecule has 2 N–H and O–H groups in total. The van der Waals surface area contributed by atoms with Gasteiger partial charge in [0.1, 0.15) is 0 Å². The molecule has 2 atom stereocenters. The minimum atomic E-state index is -0.849. The highest BCUT2D eigenvalue weighted by atomic mass is 16.4. The standard InChI is InChI=1S/C20H33NO3/c22-19(17-14-10-11-15-18(17)20(23)24)21-16-12-8-6-4-2-1-3-5-7-9-13-16/h10-11,16-18H,1-9,12-15H2,(H,21,22)(H,23,24)/t17-,18-/m0/s1. The number of hydrogen-bond donors (Lipinski definition) is 2. The van der Waals surface area contributed by atoms with Gasteiger partial charge in [-0.1, -0.05) is 69.9 Å². The lowest BCUT2D eigenvalue weighted by atomic mass is 9.82. The summed E-state index contributed by atoms with van der Waals surface area (Å²) in [7, 11) is 0. The molecule has 1 saturated carbocycles. The van der Waals surface area contributed by atoms with Gasteiger partial charge < -0.3 is 10.4 Å². The summed E-state index contributed by atoms with van der Waals surface area (Å²) < 4.78 is 0. The molecule has 0 aromatic heterocycles. The molecule has 2 rings (SSSR count). The number of carboxylic acids is 1. The zero-order valence-corrected chi connectivity index (χ0v) is 14.8. The number of amides is 1. The molecule has 1 amide bonds. The minimum Gasteiger partial charge on any atom is -0.481 e. The molecule has 0 aromatic carbocycles. The largest absolute Gasteiger partial charge is 0.481 e. The zero-order valence-electron chi connectivity index (χ0n) is 14.8. The SMILES string of the molecule is O=C(O)[C@H]1CC=CC[C@@H]1C(=O)NC1CCCCCCCCCCC1. The molecule has 0 radical (unpaired) electrons. The van der Waals surface area contributed by atoms with E-state index < -0.39 is 17.8 Å². The van der Waals surface area contributed by atoms with E-state index in [2.05, 4.69) is 5.32 Å². The average Bonchev–Trinajstić information content (AvgIpc) is 2.57. The highest BCUT2D eigenvalue weighted by molar-refractivity contribution is 5.85. The van der Waals surface area contributed by atoms with Gasteiger partial charge in [-0.2, -0.15) is 0 Å². The molecule has 0 unspecified atom stereocenters. The van der Waals surface area contributed by atoms with Gasteiger partial charge in [-0.05, 0) is 25.7 Å². The van der Waals surface area contributed by atoms with Crippen LogP contribution in [0.3, 0.4) is 0 Å². The van der Waals surface area contributed by atoms with Crippen molar-refractivity contribution in [1.82, 2.24) is 5.32 Å². The van der Waals surface area contributed by atoms with Crippen molar-refractivity contribution in [2.45, 2.75) is 89.5 Å². The molecular weight excluding hydrogens is 302 g/mol. The van der Waals surface area contributed by atoms with Gasteiger partial charge in [0.05, 0.1) is 11.8 Å². The average molecular weight is 335 g/mol. The van der Waals surface area contributed by atoms with Crippen LogP contribution in [-0.4, -0.2) is 23.0 Å². The first-order valence-corrected chi connectivity index (χ1v) is 9.86. The van der Waals surface area contributed by atoms with E-state index in [9.17, 15) is 14.7 Å². The molecule has 0 bridgehead atoms. The molecule has 1 fully saturated rings. The Morgan fingerprint density at radius 2 is 1.21 bits per heavy atom. The van der Waals surface area contributed by atoms with Crippen LogP contribution in [0.4, 0.5) is 0 Å². The normalized spacial score (nSPS) is 27.7. The van der Waals surface area contributed by atoms with Crippen LogP contribution in [0, 0.1) is 11.8 Å². The third-order valence-corrected chi connectivity index (χ3v) is 5.54. The molecule has 4 heteroatoms. The van der Waals surface area contributed by atoms with Crippen molar-refractivity contribution in [2.75, 3.05) is 0 Å². The van der Waals surface area contributed by atoms with Gasteiger partial charge in [0.2, 0.25) is 5.91 Å². The zero-order chi connectivity index (χ0) is 17.2. The second-order valence-electron chi connectivity index (χ2n) is 7.46. The molecule has 0 aliphatic heterocycles. The highest BCUT2D eigenvalue weighted by Crippen LogP contribution is 2.27. The molecule has 24 heavy (non-hydrogen) atoms. The molecule has 2 aliphatic rings. The van der Waals surface area contributed by atoms with Crippen LogP contribution in [0.5, 0.6) is 0 Å². The van der Waals surface area contributed by atoms with Gasteiger partial charge in [0, 0.05) is 6.04 Å². The summed E-state index contributed by atoms with van der Waals surface area (Å²) in [6.07, 6.45) is 18.4. The van der Waals surface area contributed by atoms with E-state index in [0.29, 0.717) is 12.8 Å². The first kappa shape index (κ1) is 19.0. The fourth-order valence-electron chi connectivity index (χ4n) is 3.99. The van der Waals surface area contributed by atoms with Crippen molar-refractivity contribution in [3.05, 3.63) is 12.2 Å². The third kappa shape index (κ3) is 6.29. The van der Waals surface area contributed by atoms with Gasteiger partial charge in [0.15, 0.2) is 0 Å². The summed E-state index contributed by atoms with van der Waals surface area (Å²) in [5.41, 5.74) is 0. The monoisotopic (exact) mass is 335 g/mol. The predicted molar refractivity (Wildman–Crippen MR) is 95.7 cm³/mol. The van der Waals surface area contributed by atoms with Crippen molar-refractivity contribution < 1.29 is 14.7 Å². The van der Waals surface area contributed by atoms with Crippen LogP contribution < -0.4 is 5.32 Å². The maximum atomic E-state index is 12.6. The summed E-state index contributed by atoms with van der Waals surface area (Å²) >= 11 is 0. The number of allylic oxidation sites excluding steroid dienone is 2. The third-order valence-electron chi connectivity index (χ3n) is 5.54. The van der Waals surface area contributed by atoms with Crippen molar-refractivity contribution in [3.8, 4) is 0 Å². The van der Waals surface area contributed by atoms with Crippen LogP contribution >= 0.6 is 0 Å². The molecular formula is C20H33NO3. The van der Waals surface area contributed by atoms with Crippen molar-refractivity contribution in [2.24, 2.45) is 11.8 Å². The smallest absolute Gasteiger partial charge is 0.307 e. The number of nitrogens with one attached hydrogen (secondary N) is 1. The molecule has 136 valence electrons. The first-order valence-electron chi connectivity index (χ1n) is 9.86. The maximum Gasteiger partial charge on any atom is 0.307 e. The quantitative estimate of drug-likeness (QED) is 0.749. The number of carbonyl (C=O) groups is 2. The summed E-state index contributed by atoms with van der Waals surface area (Å²) in [5.74, 6) is -1.88. The predicted octanol–water partition coefficient (Wildman–Crippen LogP) is 4.44. The lowest BCUT2D eigenvalue weighted by Gasteiger charge is -2.27. The lowest BCUT2D eigenvalue weighted by Crippen LogP contribution is -2.43.